The molecule has 0 unspecified atom stereocenters. The zero-order chi connectivity index (χ0) is 16.3. The number of aliphatic hydroxyl groups is 3. The minimum absolute atomic E-state index is 0.148. The molecular weight excluding hydrogens is 297 g/mol. The number of aromatic nitrogens is 4. The number of halogens is 1. The Morgan fingerprint density at radius 1 is 1.41 bits per heavy atom. The number of fused-ring (bicyclic) bond motifs is 1. The van der Waals surface area contributed by atoms with Gasteiger partial charge in [0.1, 0.15) is 24.1 Å². The Labute approximate surface area is 125 Å². The lowest BCUT2D eigenvalue weighted by Gasteiger charge is -2.35. The lowest BCUT2D eigenvalue weighted by molar-refractivity contribution is -0.207. The maximum absolute atomic E-state index is 13.3. The molecular formula is C12H18FN5O4. The molecule has 22 heavy (non-hydrogen) atoms. The summed E-state index contributed by atoms with van der Waals surface area (Å²) in [5.41, 5.74) is 4.39. The summed E-state index contributed by atoms with van der Waals surface area (Å²) in [6.07, 6.45) is 0.106. The second kappa shape index (κ2) is 6.48. The molecule has 5 N–H and O–H groups in total. The smallest absolute Gasteiger partial charge is 0.167 e. The molecule has 2 aromatic heterocycles. The van der Waals surface area contributed by atoms with E-state index in [2.05, 4.69) is 15.0 Å². The monoisotopic (exact) mass is 315 g/mol. The van der Waals surface area contributed by atoms with Gasteiger partial charge in [-0.3, -0.25) is 4.57 Å². The largest absolute Gasteiger partial charge is 0.393 e. The van der Waals surface area contributed by atoms with E-state index in [0.29, 0.717) is 5.52 Å². The molecule has 0 saturated carbocycles. The number of ether oxygens (including phenoxy) is 1. The van der Waals surface area contributed by atoms with Crippen LogP contribution in [-0.2, 0) is 4.74 Å². The molecule has 122 valence electrons. The van der Waals surface area contributed by atoms with Crippen molar-refractivity contribution in [3.8, 4) is 0 Å². The van der Waals surface area contributed by atoms with Crippen molar-refractivity contribution in [2.75, 3.05) is 25.6 Å². The van der Waals surface area contributed by atoms with Crippen LogP contribution in [0.4, 0.5) is 10.2 Å². The Bertz CT molecular complexity index is 631. The highest BCUT2D eigenvalue weighted by atomic mass is 19.1. The number of rotatable bonds is 7. The molecule has 0 aliphatic heterocycles. The van der Waals surface area contributed by atoms with Gasteiger partial charge in [0.2, 0.25) is 0 Å². The molecule has 2 rings (SSSR count). The fourth-order valence-electron chi connectivity index (χ4n) is 1.99. The molecule has 3 atom stereocenters. The maximum atomic E-state index is 13.3. The third-order valence-corrected chi connectivity index (χ3v) is 3.48. The highest BCUT2D eigenvalue weighted by Gasteiger charge is 2.39. The van der Waals surface area contributed by atoms with Crippen molar-refractivity contribution >= 4 is 17.0 Å². The Kier molecular flexibility index (Phi) is 4.86. The van der Waals surface area contributed by atoms with Crippen LogP contribution in [0.1, 0.15) is 13.2 Å². The molecule has 0 spiro atoms. The summed E-state index contributed by atoms with van der Waals surface area (Å²) >= 11 is 0. The van der Waals surface area contributed by atoms with E-state index < -0.39 is 37.8 Å². The highest BCUT2D eigenvalue weighted by Crippen LogP contribution is 2.26. The molecule has 0 amide bonds. The molecule has 0 radical (unpaired) electrons. The predicted molar refractivity (Wildman–Crippen MR) is 74.4 cm³/mol. The Morgan fingerprint density at radius 2 is 2.14 bits per heavy atom. The van der Waals surface area contributed by atoms with Gasteiger partial charge in [-0.05, 0) is 6.92 Å². The Hall–Kier alpha value is -1.88. The maximum Gasteiger partial charge on any atom is 0.167 e. The summed E-state index contributed by atoms with van der Waals surface area (Å²) in [4.78, 5) is 11.8. The van der Waals surface area contributed by atoms with Crippen LogP contribution >= 0.6 is 0 Å². The van der Waals surface area contributed by atoms with Crippen LogP contribution in [0.25, 0.3) is 11.2 Å². The van der Waals surface area contributed by atoms with E-state index in [1.54, 1.807) is 0 Å². The topological polar surface area (TPSA) is 140 Å². The van der Waals surface area contributed by atoms with E-state index in [1.807, 2.05) is 0 Å². The van der Waals surface area contributed by atoms with Crippen LogP contribution in [0, 0.1) is 0 Å². The molecule has 10 heteroatoms. The molecule has 0 fully saturated rings. The van der Waals surface area contributed by atoms with E-state index >= 15 is 0 Å². The number of nitrogens with two attached hydrogens (primary N) is 1. The third kappa shape index (κ3) is 2.73. The number of alkyl halides is 1. The van der Waals surface area contributed by atoms with Crippen molar-refractivity contribution in [2.45, 2.75) is 24.9 Å². The van der Waals surface area contributed by atoms with Gasteiger partial charge in [-0.1, -0.05) is 0 Å². The van der Waals surface area contributed by atoms with Crippen molar-refractivity contribution < 1.29 is 24.4 Å². The minimum Gasteiger partial charge on any atom is -0.393 e. The zero-order valence-electron chi connectivity index (χ0n) is 11.9. The number of aliphatic hydroxyl groups excluding tert-OH is 3. The number of nitrogens with zero attached hydrogens (tertiary/aromatic N) is 4. The molecule has 2 heterocycles. The summed E-state index contributed by atoms with van der Waals surface area (Å²) in [6.45, 7) is -1.16. The van der Waals surface area contributed by atoms with Gasteiger partial charge in [-0.2, -0.15) is 0 Å². The summed E-state index contributed by atoms with van der Waals surface area (Å²) in [6, 6.07) is 0. The summed E-state index contributed by atoms with van der Waals surface area (Å²) in [7, 11) is 0. The van der Waals surface area contributed by atoms with E-state index in [9.17, 15) is 19.7 Å². The van der Waals surface area contributed by atoms with Gasteiger partial charge in [0, 0.05) is 0 Å². The first-order valence-electron chi connectivity index (χ1n) is 6.55. The first-order valence-corrected chi connectivity index (χ1v) is 6.55. The van der Waals surface area contributed by atoms with E-state index in [1.165, 1.54) is 24.1 Å². The SMILES string of the molecule is C[C@H](O)[C@](CO)(CF)O[C@H](CO)n1cnc2c(N)ncnc21. The standard InChI is InChI=1S/C12H18FN5O4/c1-7(21)12(3-13,4-20)22-8(2-19)18-6-17-9-10(14)15-5-16-11(9)18/h5-8,19-21H,2-4H2,1H3,(H2,14,15,16)/t7-,8+,12+/m0/s1. The molecule has 2 aromatic rings. The average Bonchev–Trinajstić information content (AvgIpc) is 2.94. The van der Waals surface area contributed by atoms with Crippen LogP contribution in [0.5, 0.6) is 0 Å². The molecule has 0 aromatic carbocycles. The van der Waals surface area contributed by atoms with Crippen molar-refractivity contribution in [3.05, 3.63) is 12.7 Å². The van der Waals surface area contributed by atoms with E-state index in [-0.39, 0.29) is 11.5 Å². The second-order valence-electron chi connectivity index (χ2n) is 4.87. The summed E-state index contributed by atoms with van der Waals surface area (Å²) in [5.74, 6) is 0.148. The summed E-state index contributed by atoms with van der Waals surface area (Å²) in [5, 5.41) is 28.6. The molecule has 0 aliphatic rings. The highest BCUT2D eigenvalue weighted by molar-refractivity contribution is 5.81. The third-order valence-electron chi connectivity index (χ3n) is 3.48. The van der Waals surface area contributed by atoms with Gasteiger partial charge in [-0.15, -0.1) is 0 Å². The first kappa shape index (κ1) is 16.5. The van der Waals surface area contributed by atoms with Crippen molar-refractivity contribution in [1.29, 1.82) is 0 Å². The van der Waals surface area contributed by atoms with Gasteiger partial charge in [0.05, 0.1) is 25.6 Å². The van der Waals surface area contributed by atoms with Crippen LogP contribution < -0.4 is 5.73 Å². The molecule has 9 nitrogen and oxygen atoms in total. The van der Waals surface area contributed by atoms with E-state index in [0.717, 1.165) is 0 Å². The molecule has 0 bridgehead atoms. The second-order valence-corrected chi connectivity index (χ2v) is 4.87. The Balaban J connectivity index is 2.40. The number of nitrogen functional groups attached to an aromatic ring is 1. The van der Waals surface area contributed by atoms with Gasteiger partial charge >= 0.3 is 0 Å². The minimum atomic E-state index is -1.86. The lowest BCUT2D eigenvalue weighted by atomic mass is 10.0. The number of imidazole rings is 1. The number of anilines is 1. The van der Waals surface area contributed by atoms with Crippen LogP contribution in [0.2, 0.25) is 0 Å². The van der Waals surface area contributed by atoms with Crippen LogP contribution in [-0.4, -0.2) is 66.4 Å². The zero-order valence-corrected chi connectivity index (χ0v) is 11.9. The van der Waals surface area contributed by atoms with E-state index in [4.69, 9.17) is 10.5 Å². The normalized spacial score (nSPS) is 17.3. The lowest BCUT2D eigenvalue weighted by Crippen LogP contribution is -2.50. The Morgan fingerprint density at radius 3 is 2.68 bits per heavy atom. The fraction of sp³-hybridized carbons (Fsp3) is 0.583. The molecule has 0 aliphatic carbocycles. The van der Waals surface area contributed by atoms with Crippen molar-refractivity contribution in [2.24, 2.45) is 0 Å². The number of hydrogen-bond acceptors (Lipinski definition) is 8. The molecule has 0 saturated heterocycles. The van der Waals surface area contributed by atoms with Crippen molar-refractivity contribution in [3.63, 3.8) is 0 Å². The summed E-state index contributed by atoms with van der Waals surface area (Å²) < 4.78 is 20.0. The quantitative estimate of drug-likeness (QED) is 0.510. The van der Waals surface area contributed by atoms with Crippen molar-refractivity contribution in [1.82, 2.24) is 19.5 Å². The number of hydrogen-bond donors (Lipinski definition) is 4. The first-order chi connectivity index (χ1) is 10.5. The van der Waals surface area contributed by atoms with Gasteiger partial charge < -0.3 is 25.8 Å². The predicted octanol–water partition coefficient (Wildman–Crippen LogP) is -1.00. The fourth-order valence-corrected chi connectivity index (χ4v) is 1.99. The average molecular weight is 315 g/mol. The van der Waals surface area contributed by atoms with Crippen LogP contribution in [0.15, 0.2) is 12.7 Å². The van der Waals surface area contributed by atoms with Gasteiger partial charge in [0.15, 0.2) is 17.7 Å². The van der Waals surface area contributed by atoms with Crippen LogP contribution in [0.3, 0.4) is 0 Å². The van der Waals surface area contributed by atoms with Gasteiger partial charge in [0.25, 0.3) is 0 Å². The van der Waals surface area contributed by atoms with Gasteiger partial charge in [-0.25, -0.2) is 19.3 Å².